The maximum absolute atomic E-state index is 12.9. The molecule has 174 valence electrons. The van der Waals surface area contributed by atoms with Gasteiger partial charge in [0, 0.05) is 0 Å². The van der Waals surface area contributed by atoms with Gasteiger partial charge in [-0.2, -0.15) is 5.01 Å². The minimum Gasteiger partial charge on any atom is -0.493 e. The highest BCUT2D eigenvalue weighted by Gasteiger charge is 2.34. The number of nitrogens with zero attached hydrogens (tertiary/aromatic N) is 1. The number of unbranched alkanes of at least 4 members (excludes halogenated alkanes) is 2. The molecule has 2 amide bonds. The Hall–Kier alpha value is -2.07. The second-order valence-electron chi connectivity index (χ2n) is 7.03. The molecule has 0 aliphatic carbocycles. The molecule has 10 heteroatoms. The lowest BCUT2D eigenvalue weighted by Gasteiger charge is -2.16. The third kappa shape index (κ3) is 6.29. The molecule has 33 heavy (non-hydrogen) atoms. The topological polar surface area (TPSA) is 67.9 Å². The largest absolute Gasteiger partial charge is 0.493 e. The van der Waals surface area contributed by atoms with Gasteiger partial charge in [-0.05, 0) is 70.5 Å². The first-order valence-corrected chi connectivity index (χ1v) is 12.6. The van der Waals surface area contributed by atoms with Crippen LogP contribution in [0.25, 0.3) is 6.08 Å². The van der Waals surface area contributed by atoms with Gasteiger partial charge in [0.15, 0.2) is 15.8 Å². The predicted octanol–water partition coefficient (Wildman–Crippen LogP) is 6.23. The number of carbonyl (C=O) groups is 2. The Balaban J connectivity index is 1.77. The average molecular weight is 570 g/mol. The van der Waals surface area contributed by atoms with Gasteiger partial charge >= 0.3 is 0 Å². The first-order chi connectivity index (χ1) is 15.8. The quantitative estimate of drug-likeness (QED) is 0.219. The van der Waals surface area contributed by atoms with Crippen LogP contribution in [0.1, 0.15) is 42.1 Å². The smallest absolute Gasteiger partial charge is 0.285 e. The van der Waals surface area contributed by atoms with E-state index in [0.717, 1.165) is 41.6 Å². The van der Waals surface area contributed by atoms with Crippen molar-refractivity contribution in [3.05, 3.63) is 61.9 Å². The Kier molecular flexibility index (Phi) is 9.19. The molecule has 1 aliphatic heterocycles. The van der Waals surface area contributed by atoms with Crippen LogP contribution in [0.2, 0.25) is 5.02 Å². The molecule has 0 bridgehead atoms. The summed E-state index contributed by atoms with van der Waals surface area (Å²) >= 11 is 16.0. The fourth-order valence-corrected chi connectivity index (χ4v) is 4.99. The number of rotatable bonds is 9. The minimum atomic E-state index is -0.521. The van der Waals surface area contributed by atoms with Crippen LogP contribution >= 0.6 is 51.5 Å². The Morgan fingerprint density at radius 2 is 2.06 bits per heavy atom. The molecule has 6 nitrogen and oxygen atoms in total. The molecule has 0 saturated carbocycles. The molecule has 3 rings (SSSR count). The summed E-state index contributed by atoms with van der Waals surface area (Å²) in [4.78, 5) is 25.8. The molecule has 2 aromatic rings. The second-order valence-corrected chi connectivity index (χ2v) is 9.96. The van der Waals surface area contributed by atoms with Crippen molar-refractivity contribution in [2.45, 2.75) is 26.2 Å². The normalized spacial score (nSPS) is 14.7. The molecule has 1 heterocycles. The van der Waals surface area contributed by atoms with Crippen molar-refractivity contribution in [1.82, 2.24) is 10.4 Å². The number of ether oxygens (including phenoxy) is 2. The SMILES string of the molecule is CCCCCOc1c(Br)cc(/C=C2\SC(=S)N(NC(=O)c3ccccc3Cl)C2=O)cc1OC. The Morgan fingerprint density at radius 3 is 2.76 bits per heavy atom. The van der Waals surface area contributed by atoms with Crippen molar-refractivity contribution in [3.63, 3.8) is 0 Å². The van der Waals surface area contributed by atoms with Crippen molar-refractivity contribution < 1.29 is 19.1 Å². The van der Waals surface area contributed by atoms with E-state index in [2.05, 4.69) is 28.3 Å². The van der Waals surface area contributed by atoms with E-state index in [1.807, 2.05) is 6.07 Å². The van der Waals surface area contributed by atoms with E-state index in [0.29, 0.717) is 27.5 Å². The van der Waals surface area contributed by atoms with Crippen LogP contribution in [0.15, 0.2) is 45.8 Å². The van der Waals surface area contributed by atoms with Gasteiger partial charge in [0.05, 0.1) is 33.7 Å². The summed E-state index contributed by atoms with van der Waals surface area (Å²) in [5, 5.41) is 1.33. The molecule has 2 aromatic carbocycles. The fraction of sp³-hybridized carbons (Fsp3) is 0.261. The number of amides is 2. The molecule has 0 atom stereocenters. The Morgan fingerprint density at radius 1 is 1.30 bits per heavy atom. The molecule has 1 aliphatic rings. The zero-order valence-corrected chi connectivity index (χ0v) is 22.0. The number of nitrogens with one attached hydrogen (secondary N) is 1. The van der Waals surface area contributed by atoms with Crippen molar-refractivity contribution in [1.29, 1.82) is 0 Å². The molecule has 0 radical (unpaired) electrons. The lowest BCUT2D eigenvalue weighted by atomic mass is 10.2. The summed E-state index contributed by atoms with van der Waals surface area (Å²) in [5.41, 5.74) is 3.50. The van der Waals surface area contributed by atoms with E-state index in [-0.39, 0.29) is 14.9 Å². The number of hydrogen-bond donors (Lipinski definition) is 1. The van der Waals surface area contributed by atoms with Crippen molar-refractivity contribution in [3.8, 4) is 11.5 Å². The molecular weight excluding hydrogens is 548 g/mol. The second kappa shape index (κ2) is 11.9. The van der Waals surface area contributed by atoms with Gasteiger partial charge in [-0.3, -0.25) is 15.0 Å². The zero-order valence-electron chi connectivity index (χ0n) is 18.0. The van der Waals surface area contributed by atoms with Crippen LogP contribution in [-0.4, -0.2) is 34.9 Å². The maximum Gasteiger partial charge on any atom is 0.285 e. The standard InChI is InChI=1S/C23H22BrClN2O4S2/c1-3-4-7-10-31-20-16(24)11-14(12-18(20)30-2)13-19-22(29)27(23(32)33-19)26-21(28)15-8-5-6-9-17(15)25/h5-6,8-9,11-13H,3-4,7,10H2,1-2H3,(H,26,28)/b19-13-. The van der Waals surface area contributed by atoms with Crippen LogP contribution in [-0.2, 0) is 4.79 Å². The third-order valence-electron chi connectivity index (χ3n) is 4.67. The Bertz CT molecular complexity index is 1110. The number of methoxy groups -OCH3 is 1. The van der Waals surface area contributed by atoms with E-state index in [4.69, 9.17) is 33.3 Å². The van der Waals surface area contributed by atoms with E-state index >= 15 is 0 Å². The summed E-state index contributed by atoms with van der Waals surface area (Å²) in [6.45, 7) is 2.72. The summed E-state index contributed by atoms with van der Waals surface area (Å²) in [6, 6.07) is 10.2. The van der Waals surface area contributed by atoms with Crippen LogP contribution < -0.4 is 14.9 Å². The van der Waals surface area contributed by atoms with E-state index in [9.17, 15) is 9.59 Å². The summed E-state index contributed by atoms with van der Waals surface area (Å²) in [5.74, 6) is 0.215. The van der Waals surface area contributed by atoms with Gasteiger partial charge in [0.1, 0.15) is 0 Å². The van der Waals surface area contributed by atoms with Gasteiger partial charge in [-0.1, -0.05) is 55.3 Å². The molecular formula is C23H22BrClN2O4S2. The first-order valence-electron chi connectivity index (χ1n) is 10.2. The summed E-state index contributed by atoms with van der Waals surface area (Å²) in [6.07, 6.45) is 4.84. The van der Waals surface area contributed by atoms with Gasteiger partial charge in [0.25, 0.3) is 11.8 Å². The lowest BCUT2D eigenvalue weighted by molar-refractivity contribution is -0.123. The summed E-state index contributed by atoms with van der Waals surface area (Å²) in [7, 11) is 1.56. The zero-order chi connectivity index (χ0) is 24.0. The monoisotopic (exact) mass is 568 g/mol. The molecule has 1 fully saturated rings. The van der Waals surface area contributed by atoms with Gasteiger partial charge in [-0.25, -0.2) is 0 Å². The highest BCUT2D eigenvalue weighted by Crippen LogP contribution is 2.39. The lowest BCUT2D eigenvalue weighted by Crippen LogP contribution is -2.44. The minimum absolute atomic E-state index is 0.216. The van der Waals surface area contributed by atoms with E-state index in [1.54, 1.807) is 43.5 Å². The number of hydrogen-bond acceptors (Lipinski definition) is 6. The van der Waals surface area contributed by atoms with E-state index in [1.165, 1.54) is 0 Å². The van der Waals surface area contributed by atoms with Gasteiger partial charge in [-0.15, -0.1) is 0 Å². The van der Waals surface area contributed by atoms with Crippen molar-refractivity contribution in [2.75, 3.05) is 13.7 Å². The molecule has 1 N–H and O–H groups in total. The number of hydrazine groups is 1. The van der Waals surface area contributed by atoms with Crippen LogP contribution in [0.3, 0.4) is 0 Å². The number of thioether (sulfide) groups is 1. The molecule has 1 saturated heterocycles. The van der Waals surface area contributed by atoms with Crippen LogP contribution in [0.4, 0.5) is 0 Å². The van der Waals surface area contributed by atoms with Crippen molar-refractivity contribution in [2.24, 2.45) is 0 Å². The molecule has 0 spiro atoms. The van der Waals surface area contributed by atoms with Crippen LogP contribution in [0, 0.1) is 0 Å². The molecule has 0 unspecified atom stereocenters. The number of benzene rings is 2. The molecule has 0 aromatic heterocycles. The number of carbonyl (C=O) groups excluding carboxylic acids is 2. The van der Waals surface area contributed by atoms with E-state index < -0.39 is 11.8 Å². The predicted molar refractivity (Wildman–Crippen MR) is 140 cm³/mol. The first kappa shape index (κ1) is 25.6. The van der Waals surface area contributed by atoms with Crippen LogP contribution in [0.5, 0.6) is 11.5 Å². The number of thiocarbonyl (C=S) groups is 1. The van der Waals surface area contributed by atoms with Gasteiger partial charge in [0.2, 0.25) is 0 Å². The fourth-order valence-electron chi connectivity index (χ4n) is 3.01. The van der Waals surface area contributed by atoms with Crippen molar-refractivity contribution >= 4 is 73.7 Å². The number of halogens is 2. The highest BCUT2D eigenvalue weighted by molar-refractivity contribution is 9.10. The van der Waals surface area contributed by atoms with Gasteiger partial charge < -0.3 is 9.47 Å². The highest BCUT2D eigenvalue weighted by atomic mass is 79.9. The average Bonchev–Trinajstić information content (AvgIpc) is 3.05. The maximum atomic E-state index is 12.9. The Labute approximate surface area is 215 Å². The third-order valence-corrected chi connectivity index (χ3v) is 6.89. The summed E-state index contributed by atoms with van der Waals surface area (Å²) < 4.78 is 12.3.